The zero-order valence-electron chi connectivity index (χ0n) is 17.9. The minimum Gasteiger partial charge on any atom is -0.382 e. The summed E-state index contributed by atoms with van der Waals surface area (Å²) in [4.78, 5) is 28.7. The summed E-state index contributed by atoms with van der Waals surface area (Å²) in [5.41, 5.74) is 2.09. The quantitative estimate of drug-likeness (QED) is 0.683. The molecule has 2 aliphatic rings. The number of benzene rings is 1. The molecule has 2 aromatic rings. The molecular formula is C23H31N3O3S. The molecule has 2 amide bonds. The van der Waals surface area contributed by atoms with E-state index in [2.05, 4.69) is 22.0 Å². The monoisotopic (exact) mass is 429 g/mol. The Morgan fingerprint density at radius 3 is 2.80 bits per heavy atom. The van der Waals surface area contributed by atoms with E-state index in [0.717, 1.165) is 53.6 Å². The number of carbonyl (C=O) groups is 2. The van der Waals surface area contributed by atoms with Gasteiger partial charge in [0.25, 0.3) is 0 Å². The number of thioether (sulfide) groups is 1. The number of fused-ring (bicyclic) bond motifs is 3. The van der Waals surface area contributed by atoms with Gasteiger partial charge in [-0.25, -0.2) is 0 Å². The van der Waals surface area contributed by atoms with Crippen LogP contribution in [0.15, 0.2) is 29.3 Å². The summed E-state index contributed by atoms with van der Waals surface area (Å²) in [6, 6.07) is 7.76. The van der Waals surface area contributed by atoms with Gasteiger partial charge in [0.05, 0.1) is 10.8 Å². The molecule has 4 rings (SSSR count). The van der Waals surface area contributed by atoms with Crippen LogP contribution >= 0.6 is 11.8 Å². The Labute approximate surface area is 182 Å². The van der Waals surface area contributed by atoms with E-state index in [-0.39, 0.29) is 17.9 Å². The van der Waals surface area contributed by atoms with Crippen LogP contribution in [0, 0.1) is 0 Å². The number of aryl methyl sites for hydroxylation is 1. The Hall–Kier alpha value is -1.99. The van der Waals surface area contributed by atoms with Gasteiger partial charge in [-0.15, -0.1) is 0 Å². The first-order chi connectivity index (χ1) is 14.6. The number of nitrogens with one attached hydrogen (secondary N) is 1. The van der Waals surface area contributed by atoms with Gasteiger partial charge in [0.2, 0.25) is 11.8 Å². The lowest BCUT2D eigenvalue weighted by molar-refractivity contribution is -0.141. The van der Waals surface area contributed by atoms with Gasteiger partial charge in [0.15, 0.2) is 0 Å². The minimum absolute atomic E-state index is 0.0710. The molecule has 1 aliphatic carbocycles. The van der Waals surface area contributed by atoms with Crippen LogP contribution in [0.4, 0.5) is 0 Å². The SMILES string of the molecule is CCOCCCNC(=O)C1c2c(n(C)c3ccccc23)SCC(=O)N1C1CCCC1. The van der Waals surface area contributed by atoms with Gasteiger partial charge >= 0.3 is 0 Å². The molecule has 1 N–H and O–H groups in total. The molecule has 0 radical (unpaired) electrons. The predicted octanol–water partition coefficient (Wildman–Crippen LogP) is 3.64. The van der Waals surface area contributed by atoms with Crippen LogP contribution in [-0.4, -0.2) is 52.8 Å². The Bertz CT molecular complexity index is 920. The fourth-order valence-electron chi connectivity index (χ4n) is 4.81. The lowest BCUT2D eigenvalue weighted by Crippen LogP contribution is -2.48. The molecule has 1 aromatic carbocycles. The number of carbonyl (C=O) groups excluding carboxylic acids is 2. The van der Waals surface area contributed by atoms with Gasteiger partial charge in [-0.2, -0.15) is 0 Å². The fourth-order valence-corrected chi connectivity index (χ4v) is 5.89. The van der Waals surface area contributed by atoms with Crippen LogP contribution in [0.25, 0.3) is 10.9 Å². The van der Waals surface area contributed by atoms with E-state index in [9.17, 15) is 9.59 Å². The van der Waals surface area contributed by atoms with Crippen molar-refractivity contribution in [2.75, 3.05) is 25.5 Å². The van der Waals surface area contributed by atoms with Gasteiger partial charge in [-0.05, 0) is 32.3 Å². The van der Waals surface area contributed by atoms with Gasteiger partial charge in [0.1, 0.15) is 6.04 Å². The Morgan fingerprint density at radius 1 is 1.27 bits per heavy atom. The summed E-state index contributed by atoms with van der Waals surface area (Å²) >= 11 is 1.56. The highest BCUT2D eigenvalue weighted by atomic mass is 32.2. The smallest absolute Gasteiger partial charge is 0.247 e. The molecule has 6 nitrogen and oxygen atoms in total. The summed E-state index contributed by atoms with van der Waals surface area (Å²) in [6.07, 6.45) is 4.95. The summed E-state index contributed by atoms with van der Waals surface area (Å²) in [6.45, 7) is 3.82. The first-order valence-electron chi connectivity index (χ1n) is 11.0. The Kier molecular flexibility index (Phi) is 6.68. The number of aromatic nitrogens is 1. The average Bonchev–Trinajstić information content (AvgIpc) is 3.33. The third-order valence-electron chi connectivity index (χ3n) is 6.20. The van der Waals surface area contributed by atoms with Crippen LogP contribution in [0.3, 0.4) is 0 Å². The molecule has 1 saturated carbocycles. The highest BCUT2D eigenvalue weighted by Crippen LogP contribution is 2.44. The standard InChI is InChI=1S/C23H31N3O3S/c1-3-29-14-8-13-24-22(28)21-20-17-11-6-7-12-18(17)25(2)23(20)30-15-19(27)26(21)16-9-4-5-10-16/h6-7,11-12,16,21H,3-5,8-10,13-15H2,1-2H3,(H,24,28). The third kappa shape index (κ3) is 3.97. The van der Waals surface area contributed by atoms with Crippen molar-refractivity contribution >= 4 is 34.5 Å². The number of nitrogens with zero attached hydrogens (tertiary/aromatic N) is 2. The van der Waals surface area contributed by atoms with Crippen LogP contribution < -0.4 is 5.32 Å². The molecule has 0 saturated heterocycles. The van der Waals surface area contributed by atoms with Gasteiger partial charge in [-0.1, -0.05) is 42.8 Å². The number of amides is 2. The number of hydrogen-bond acceptors (Lipinski definition) is 4. The van der Waals surface area contributed by atoms with E-state index in [1.807, 2.05) is 31.0 Å². The van der Waals surface area contributed by atoms with Gasteiger partial charge < -0.3 is 19.5 Å². The van der Waals surface area contributed by atoms with Crippen molar-refractivity contribution in [3.05, 3.63) is 29.8 Å². The summed E-state index contributed by atoms with van der Waals surface area (Å²) in [5, 5.41) is 5.19. The molecule has 0 spiro atoms. The molecule has 1 aliphatic heterocycles. The number of hydrogen-bond donors (Lipinski definition) is 1. The van der Waals surface area contributed by atoms with Crippen molar-refractivity contribution in [2.24, 2.45) is 7.05 Å². The highest BCUT2D eigenvalue weighted by molar-refractivity contribution is 8.00. The summed E-state index contributed by atoms with van der Waals surface area (Å²) < 4.78 is 7.53. The molecule has 1 unspecified atom stereocenters. The van der Waals surface area contributed by atoms with Crippen molar-refractivity contribution in [1.29, 1.82) is 0 Å². The lowest BCUT2D eigenvalue weighted by atomic mass is 10.0. The predicted molar refractivity (Wildman–Crippen MR) is 120 cm³/mol. The highest BCUT2D eigenvalue weighted by Gasteiger charge is 2.42. The van der Waals surface area contributed by atoms with E-state index in [4.69, 9.17) is 4.74 Å². The average molecular weight is 430 g/mol. The maximum atomic E-state index is 13.5. The molecule has 30 heavy (non-hydrogen) atoms. The van der Waals surface area contributed by atoms with Crippen LogP contribution in [0.1, 0.15) is 50.6 Å². The Morgan fingerprint density at radius 2 is 2.03 bits per heavy atom. The van der Waals surface area contributed by atoms with Crippen LogP contribution in [0.5, 0.6) is 0 Å². The lowest BCUT2D eigenvalue weighted by Gasteiger charge is -2.34. The van der Waals surface area contributed by atoms with Crippen LogP contribution in [0.2, 0.25) is 0 Å². The van der Waals surface area contributed by atoms with Crippen LogP contribution in [-0.2, 0) is 21.4 Å². The molecule has 162 valence electrons. The zero-order chi connectivity index (χ0) is 21.1. The molecule has 1 fully saturated rings. The number of rotatable bonds is 7. The molecule has 0 bridgehead atoms. The van der Waals surface area contributed by atoms with Gasteiger partial charge in [-0.3, -0.25) is 9.59 Å². The maximum absolute atomic E-state index is 13.5. The normalized spacial score (nSPS) is 19.9. The van der Waals surface area contributed by atoms with Crippen molar-refractivity contribution in [3.8, 4) is 0 Å². The summed E-state index contributed by atoms with van der Waals surface area (Å²) in [7, 11) is 2.03. The largest absolute Gasteiger partial charge is 0.382 e. The van der Waals surface area contributed by atoms with E-state index < -0.39 is 6.04 Å². The van der Waals surface area contributed by atoms with Crippen molar-refractivity contribution < 1.29 is 14.3 Å². The zero-order valence-corrected chi connectivity index (χ0v) is 18.7. The van der Waals surface area contributed by atoms with E-state index in [1.165, 1.54) is 0 Å². The topological polar surface area (TPSA) is 63.6 Å². The number of para-hydroxylation sites is 1. The van der Waals surface area contributed by atoms with Crippen molar-refractivity contribution in [3.63, 3.8) is 0 Å². The van der Waals surface area contributed by atoms with E-state index >= 15 is 0 Å². The van der Waals surface area contributed by atoms with E-state index in [1.54, 1.807) is 11.8 Å². The first-order valence-corrected chi connectivity index (χ1v) is 12.0. The van der Waals surface area contributed by atoms with Crippen molar-refractivity contribution in [1.82, 2.24) is 14.8 Å². The second-order valence-electron chi connectivity index (χ2n) is 8.07. The fraction of sp³-hybridized carbons (Fsp3) is 0.565. The molecule has 1 atom stereocenters. The molecule has 2 heterocycles. The van der Waals surface area contributed by atoms with Gasteiger partial charge in [0, 0.05) is 49.3 Å². The maximum Gasteiger partial charge on any atom is 0.247 e. The third-order valence-corrected chi connectivity index (χ3v) is 7.36. The second-order valence-corrected chi connectivity index (χ2v) is 9.03. The Balaban J connectivity index is 1.73. The van der Waals surface area contributed by atoms with E-state index in [0.29, 0.717) is 25.5 Å². The summed E-state index contributed by atoms with van der Waals surface area (Å²) in [5.74, 6) is 0.371. The van der Waals surface area contributed by atoms with Crippen molar-refractivity contribution in [2.45, 2.75) is 56.1 Å². The molecule has 7 heteroatoms. The number of ether oxygens (including phenoxy) is 1. The first kappa shape index (κ1) is 21.2. The minimum atomic E-state index is -0.580. The second kappa shape index (κ2) is 9.43. The molecular weight excluding hydrogens is 398 g/mol. The molecule has 1 aromatic heterocycles.